The Morgan fingerprint density at radius 1 is 1.30 bits per heavy atom. The summed E-state index contributed by atoms with van der Waals surface area (Å²) in [4.78, 5) is 11.3. The molecule has 0 radical (unpaired) electrons. The molecule has 4 nitrogen and oxygen atoms in total. The molecular weight excluding hydrogens is 256 g/mol. The number of rotatable bonds is 9. The van der Waals surface area contributed by atoms with Crippen LogP contribution in [0.2, 0.25) is 0 Å². The molecule has 1 aromatic rings. The van der Waals surface area contributed by atoms with Crippen molar-refractivity contribution in [3.8, 4) is 0 Å². The second kappa shape index (κ2) is 10.2. The summed E-state index contributed by atoms with van der Waals surface area (Å²) in [6.07, 6.45) is 4.63. The molecule has 4 heteroatoms. The molecule has 0 unspecified atom stereocenters. The molecule has 0 fully saturated rings. The molecule has 0 saturated carbocycles. The minimum atomic E-state index is -0.349. The Bertz CT molecular complexity index is 400. The van der Waals surface area contributed by atoms with Crippen molar-refractivity contribution >= 4 is 5.97 Å². The van der Waals surface area contributed by atoms with Gasteiger partial charge in [-0.1, -0.05) is 30.3 Å². The molecule has 0 amide bonds. The lowest BCUT2D eigenvalue weighted by Crippen LogP contribution is -2.14. The molecule has 1 aromatic carbocycles. The molecule has 0 N–H and O–H groups in total. The van der Waals surface area contributed by atoms with Crippen LogP contribution in [0.3, 0.4) is 0 Å². The minimum Gasteiger partial charge on any atom is -0.463 e. The van der Waals surface area contributed by atoms with Gasteiger partial charge in [-0.25, -0.2) is 4.79 Å². The minimum absolute atomic E-state index is 0.167. The van der Waals surface area contributed by atoms with Crippen LogP contribution in [0.5, 0.6) is 0 Å². The van der Waals surface area contributed by atoms with E-state index in [4.69, 9.17) is 14.2 Å². The highest BCUT2D eigenvalue weighted by Gasteiger charge is 2.07. The Kier molecular flexibility index (Phi) is 8.35. The average molecular weight is 278 g/mol. The zero-order valence-corrected chi connectivity index (χ0v) is 12.1. The van der Waals surface area contributed by atoms with Crippen LogP contribution in [0.25, 0.3) is 0 Å². The molecule has 0 spiro atoms. The van der Waals surface area contributed by atoms with Crippen LogP contribution in [-0.2, 0) is 25.4 Å². The van der Waals surface area contributed by atoms with Crippen LogP contribution in [-0.4, -0.2) is 32.6 Å². The quantitative estimate of drug-likeness (QED) is 0.396. The van der Waals surface area contributed by atoms with E-state index < -0.39 is 0 Å². The van der Waals surface area contributed by atoms with Gasteiger partial charge in [0.05, 0.1) is 12.7 Å². The zero-order chi connectivity index (χ0) is 14.6. The fourth-order valence-corrected chi connectivity index (χ4v) is 1.72. The SMILES string of the molecule is CCOC(=O)C=C[C@@H](CCc1ccccc1)OCOC. The Labute approximate surface area is 120 Å². The number of benzene rings is 1. The molecule has 0 heterocycles. The van der Waals surface area contributed by atoms with Crippen LogP contribution in [0.15, 0.2) is 42.5 Å². The lowest BCUT2D eigenvalue weighted by molar-refractivity contribution is -0.137. The van der Waals surface area contributed by atoms with E-state index in [0.717, 1.165) is 12.8 Å². The monoisotopic (exact) mass is 278 g/mol. The molecule has 0 bridgehead atoms. The fourth-order valence-electron chi connectivity index (χ4n) is 1.72. The van der Waals surface area contributed by atoms with Crippen LogP contribution >= 0.6 is 0 Å². The molecule has 0 aliphatic rings. The van der Waals surface area contributed by atoms with E-state index in [2.05, 4.69) is 12.1 Å². The van der Waals surface area contributed by atoms with Gasteiger partial charge in [-0.15, -0.1) is 0 Å². The number of carbonyl (C=O) groups is 1. The third kappa shape index (κ3) is 7.07. The Balaban J connectivity index is 2.48. The Morgan fingerprint density at radius 2 is 2.05 bits per heavy atom. The molecule has 0 aliphatic heterocycles. The number of carbonyl (C=O) groups excluding carboxylic acids is 1. The van der Waals surface area contributed by atoms with Crippen molar-refractivity contribution in [3.63, 3.8) is 0 Å². The smallest absolute Gasteiger partial charge is 0.330 e. The third-order valence-corrected chi connectivity index (χ3v) is 2.69. The van der Waals surface area contributed by atoms with E-state index in [9.17, 15) is 4.79 Å². The van der Waals surface area contributed by atoms with E-state index in [-0.39, 0.29) is 18.9 Å². The lowest BCUT2D eigenvalue weighted by atomic mass is 10.1. The number of hydrogen-bond donors (Lipinski definition) is 0. The van der Waals surface area contributed by atoms with Crippen LogP contribution < -0.4 is 0 Å². The van der Waals surface area contributed by atoms with Gasteiger partial charge in [0.15, 0.2) is 0 Å². The van der Waals surface area contributed by atoms with Gasteiger partial charge in [-0.05, 0) is 31.4 Å². The summed E-state index contributed by atoms with van der Waals surface area (Å²) in [7, 11) is 1.57. The first kappa shape index (κ1) is 16.4. The molecule has 0 aromatic heterocycles. The highest BCUT2D eigenvalue weighted by molar-refractivity contribution is 5.81. The summed E-state index contributed by atoms with van der Waals surface area (Å²) in [6, 6.07) is 10.2. The standard InChI is InChI=1S/C16H22O4/c1-3-19-16(17)12-11-15(20-13-18-2)10-9-14-7-5-4-6-8-14/h4-8,11-12,15H,3,9-10,13H2,1-2H3/t15-/m1/s1. The van der Waals surface area contributed by atoms with Gasteiger partial charge in [0.25, 0.3) is 0 Å². The first-order valence-electron chi connectivity index (χ1n) is 6.75. The maximum absolute atomic E-state index is 11.3. The summed E-state index contributed by atoms with van der Waals surface area (Å²) in [6.45, 7) is 2.35. The number of aryl methyl sites for hydroxylation is 1. The van der Waals surface area contributed by atoms with Gasteiger partial charge in [-0.2, -0.15) is 0 Å². The molecule has 0 saturated heterocycles. The molecular formula is C16H22O4. The van der Waals surface area contributed by atoms with Crippen LogP contribution in [0.4, 0.5) is 0 Å². The summed E-state index contributed by atoms with van der Waals surface area (Å²) in [5, 5.41) is 0. The topological polar surface area (TPSA) is 44.8 Å². The second-order valence-electron chi connectivity index (χ2n) is 4.25. The predicted molar refractivity (Wildman–Crippen MR) is 77.3 cm³/mol. The van der Waals surface area contributed by atoms with E-state index in [0.29, 0.717) is 6.61 Å². The summed E-state index contributed by atoms with van der Waals surface area (Å²) < 4.78 is 15.3. The molecule has 110 valence electrons. The van der Waals surface area contributed by atoms with E-state index in [1.54, 1.807) is 20.1 Å². The van der Waals surface area contributed by atoms with Crippen molar-refractivity contribution in [1.82, 2.24) is 0 Å². The average Bonchev–Trinajstić information content (AvgIpc) is 2.48. The fraction of sp³-hybridized carbons (Fsp3) is 0.438. The van der Waals surface area contributed by atoms with Crippen LogP contribution in [0, 0.1) is 0 Å². The van der Waals surface area contributed by atoms with Gasteiger partial charge in [0, 0.05) is 13.2 Å². The summed E-state index contributed by atoms with van der Waals surface area (Å²) in [5.74, 6) is -0.349. The van der Waals surface area contributed by atoms with Gasteiger partial charge in [-0.3, -0.25) is 0 Å². The van der Waals surface area contributed by atoms with Gasteiger partial charge < -0.3 is 14.2 Å². The predicted octanol–water partition coefficient (Wildman–Crippen LogP) is 2.73. The van der Waals surface area contributed by atoms with Crippen molar-refractivity contribution in [2.45, 2.75) is 25.9 Å². The summed E-state index contributed by atoms with van der Waals surface area (Å²) in [5.41, 5.74) is 1.24. The molecule has 20 heavy (non-hydrogen) atoms. The van der Waals surface area contributed by atoms with E-state index in [1.165, 1.54) is 11.6 Å². The number of methoxy groups -OCH3 is 1. The molecule has 1 atom stereocenters. The van der Waals surface area contributed by atoms with E-state index >= 15 is 0 Å². The van der Waals surface area contributed by atoms with E-state index in [1.807, 2.05) is 18.2 Å². The second-order valence-corrected chi connectivity index (χ2v) is 4.25. The highest BCUT2D eigenvalue weighted by atomic mass is 16.7. The molecule has 0 aliphatic carbocycles. The maximum Gasteiger partial charge on any atom is 0.330 e. The van der Waals surface area contributed by atoms with Crippen molar-refractivity contribution in [1.29, 1.82) is 0 Å². The Morgan fingerprint density at radius 3 is 2.70 bits per heavy atom. The van der Waals surface area contributed by atoms with Crippen LogP contribution in [0.1, 0.15) is 18.9 Å². The largest absolute Gasteiger partial charge is 0.463 e. The lowest BCUT2D eigenvalue weighted by Gasteiger charge is -2.13. The van der Waals surface area contributed by atoms with Gasteiger partial charge in [0.1, 0.15) is 6.79 Å². The zero-order valence-electron chi connectivity index (χ0n) is 12.1. The van der Waals surface area contributed by atoms with Crippen molar-refractivity contribution in [2.24, 2.45) is 0 Å². The maximum atomic E-state index is 11.3. The van der Waals surface area contributed by atoms with Crippen molar-refractivity contribution in [3.05, 3.63) is 48.0 Å². The number of esters is 1. The Hall–Kier alpha value is -1.65. The summed E-state index contributed by atoms with van der Waals surface area (Å²) >= 11 is 0. The number of ether oxygens (including phenoxy) is 3. The van der Waals surface area contributed by atoms with Gasteiger partial charge in [0.2, 0.25) is 0 Å². The normalized spacial score (nSPS) is 12.5. The third-order valence-electron chi connectivity index (χ3n) is 2.69. The highest BCUT2D eigenvalue weighted by Crippen LogP contribution is 2.09. The first-order chi connectivity index (χ1) is 9.76. The van der Waals surface area contributed by atoms with Crippen molar-refractivity contribution < 1.29 is 19.0 Å². The first-order valence-corrected chi connectivity index (χ1v) is 6.75. The van der Waals surface area contributed by atoms with Gasteiger partial charge >= 0.3 is 5.97 Å². The molecule has 1 rings (SSSR count). The van der Waals surface area contributed by atoms with Crippen molar-refractivity contribution in [2.75, 3.05) is 20.5 Å². The number of hydrogen-bond acceptors (Lipinski definition) is 4.